The van der Waals surface area contributed by atoms with Crippen molar-refractivity contribution in [3.05, 3.63) is 34.9 Å². The van der Waals surface area contributed by atoms with Crippen LogP contribution in [0.1, 0.15) is 10.4 Å². The monoisotopic (exact) mass is 178 g/mol. The van der Waals surface area contributed by atoms with Gasteiger partial charge in [-0.1, -0.05) is 0 Å². The van der Waals surface area contributed by atoms with Gasteiger partial charge in [0.2, 0.25) is 0 Å². The highest BCUT2D eigenvalue weighted by Gasteiger charge is 2.17. The third-order valence-electron chi connectivity index (χ3n) is 1.26. The van der Waals surface area contributed by atoms with Gasteiger partial charge in [-0.3, -0.25) is 4.79 Å². The van der Waals surface area contributed by atoms with Gasteiger partial charge in [0.25, 0.3) is 0 Å². The van der Waals surface area contributed by atoms with Gasteiger partial charge in [-0.2, -0.15) is 0 Å². The topological polar surface area (TPSA) is 17.1 Å². The molecule has 0 atom stereocenters. The molecule has 5 heteroatoms. The molecule has 0 aliphatic rings. The van der Waals surface area contributed by atoms with Crippen LogP contribution < -0.4 is 0 Å². The fraction of sp³-hybridized carbons (Fsp3) is 0. The quantitative estimate of drug-likeness (QED) is 0.365. The maximum Gasteiger partial charge on any atom is 0.172 e. The Kier molecular flexibility index (Phi) is 2.12. The lowest BCUT2D eigenvalue weighted by molar-refractivity contribution is 0.111. The molecular formula is C7H2F4O. The van der Waals surface area contributed by atoms with Gasteiger partial charge in [0.15, 0.2) is 29.6 Å². The number of hydrogen-bond donors (Lipinski definition) is 0. The van der Waals surface area contributed by atoms with Gasteiger partial charge < -0.3 is 0 Å². The molecule has 0 aliphatic carbocycles. The number of hydrogen-bond acceptors (Lipinski definition) is 1. The molecule has 0 N–H and O–H groups in total. The molecule has 1 aromatic rings. The van der Waals surface area contributed by atoms with Crippen LogP contribution in [0.5, 0.6) is 0 Å². The lowest BCUT2D eigenvalue weighted by Gasteiger charge is -1.98. The van der Waals surface area contributed by atoms with Crippen LogP contribution in [0.4, 0.5) is 17.6 Å². The Labute approximate surface area is 64.6 Å². The Bertz CT molecular complexity index is 308. The summed E-state index contributed by atoms with van der Waals surface area (Å²) in [6.07, 6.45) is -0.281. The summed E-state index contributed by atoms with van der Waals surface area (Å²) in [5.74, 6) is -6.53. The Morgan fingerprint density at radius 3 is 1.75 bits per heavy atom. The van der Waals surface area contributed by atoms with E-state index < -0.39 is 28.8 Å². The van der Waals surface area contributed by atoms with E-state index in [-0.39, 0.29) is 12.4 Å². The van der Waals surface area contributed by atoms with E-state index in [9.17, 15) is 22.4 Å². The largest absolute Gasteiger partial charge is 0.298 e. The second-order valence-electron chi connectivity index (χ2n) is 2.00. The molecule has 12 heavy (non-hydrogen) atoms. The summed E-state index contributed by atoms with van der Waals surface area (Å²) < 4.78 is 49.4. The minimum absolute atomic E-state index is 0.0394. The fourth-order valence-corrected chi connectivity index (χ4v) is 0.695. The first-order valence-electron chi connectivity index (χ1n) is 2.86. The molecule has 64 valence electrons. The number of carbonyl (C=O) groups excluding carboxylic acids is 1. The standard InChI is InChI=1S/C7H2F4O/c8-4-1-5(9)7(11)3(2-12)6(4)10/h1-2H. The van der Waals surface area contributed by atoms with Gasteiger partial charge in [-0.15, -0.1) is 0 Å². The Morgan fingerprint density at radius 2 is 1.42 bits per heavy atom. The normalized spacial score (nSPS) is 10.0. The predicted molar refractivity (Wildman–Crippen MR) is 31.7 cm³/mol. The van der Waals surface area contributed by atoms with Crippen molar-refractivity contribution < 1.29 is 22.4 Å². The van der Waals surface area contributed by atoms with Gasteiger partial charge in [-0.05, 0) is 0 Å². The number of halogens is 4. The molecule has 0 saturated heterocycles. The second kappa shape index (κ2) is 2.92. The fourth-order valence-electron chi connectivity index (χ4n) is 0.695. The van der Waals surface area contributed by atoms with Crippen LogP contribution in [0, 0.1) is 23.3 Å². The van der Waals surface area contributed by atoms with E-state index in [1.54, 1.807) is 0 Å². The van der Waals surface area contributed by atoms with E-state index >= 15 is 0 Å². The first-order chi connectivity index (χ1) is 5.57. The van der Waals surface area contributed by atoms with Crippen molar-refractivity contribution in [2.24, 2.45) is 0 Å². The van der Waals surface area contributed by atoms with E-state index in [4.69, 9.17) is 0 Å². The zero-order valence-corrected chi connectivity index (χ0v) is 5.57. The summed E-state index contributed by atoms with van der Waals surface area (Å²) in [7, 11) is 0. The van der Waals surface area contributed by atoms with Gasteiger partial charge in [0.05, 0.1) is 5.56 Å². The lowest BCUT2D eigenvalue weighted by Crippen LogP contribution is -2.00. The van der Waals surface area contributed by atoms with Crippen LogP contribution in [0.3, 0.4) is 0 Å². The lowest BCUT2D eigenvalue weighted by atomic mass is 10.2. The molecular weight excluding hydrogens is 176 g/mol. The zero-order valence-electron chi connectivity index (χ0n) is 5.57. The van der Waals surface area contributed by atoms with Crippen molar-refractivity contribution in [1.82, 2.24) is 0 Å². The molecule has 0 spiro atoms. The first-order valence-corrected chi connectivity index (χ1v) is 2.86. The summed E-state index contributed by atoms with van der Waals surface area (Å²) in [5, 5.41) is 0. The number of rotatable bonds is 1. The molecule has 0 unspecified atom stereocenters. The van der Waals surface area contributed by atoms with Crippen molar-refractivity contribution >= 4 is 6.29 Å². The molecule has 0 aromatic heterocycles. The third-order valence-corrected chi connectivity index (χ3v) is 1.26. The Hall–Kier alpha value is -1.39. The highest BCUT2D eigenvalue weighted by atomic mass is 19.2. The van der Waals surface area contributed by atoms with Crippen molar-refractivity contribution in [2.45, 2.75) is 0 Å². The van der Waals surface area contributed by atoms with Crippen LogP contribution in [0.25, 0.3) is 0 Å². The Balaban J connectivity index is 3.52. The molecule has 0 heterocycles. The third kappa shape index (κ3) is 1.17. The van der Waals surface area contributed by atoms with E-state index in [1.165, 1.54) is 0 Å². The average Bonchev–Trinajstić information content (AvgIpc) is 2.02. The summed E-state index contributed by atoms with van der Waals surface area (Å²) in [4.78, 5) is 9.94. The van der Waals surface area contributed by atoms with Gasteiger partial charge >= 0.3 is 0 Å². The average molecular weight is 178 g/mol. The maximum atomic E-state index is 12.4. The number of carbonyl (C=O) groups is 1. The highest BCUT2D eigenvalue weighted by molar-refractivity contribution is 5.75. The molecule has 0 saturated carbocycles. The summed E-state index contributed by atoms with van der Waals surface area (Å²) in [5.41, 5.74) is -1.23. The predicted octanol–water partition coefficient (Wildman–Crippen LogP) is 2.06. The molecule has 0 radical (unpaired) electrons. The number of benzene rings is 1. The van der Waals surface area contributed by atoms with Crippen molar-refractivity contribution in [3.8, 4) is 0 Å². The Morgan fingerprint density at radius 1 is 1.00 bits per heavy atom. The maximum absolute atomic E-state index is 12.4. The van der Waals surface area contributed by atoms with Crippen LogP contribution >= 0.6 is 0 Å². The van der Waals surface area contributed by atoms with Crippen LogP contribution in [0.15, 0.2) is 6.07 Å². The van der Waals surface area contributed by atoms with Crippen molar-refractivity contribution in [2.75, 3.05) is 0 Å². The summed E-state index contributed by atoms with van der Waals surface area (Å²) >= 11 is 0. The molecule has 0 fully saturated rings. The van der Waals surface area contributed by atoms with Crippen LogP contribution in [-0.2, 0) is 0 Å². The van der Waals surface area contributed by atoms with Crippen LogP contribution in [0.2, 0.25) is 0 Å². The minimum atomic E-state index is -1.68. The van der Waals surface area contributed by atoms with Crippen LogP contribution in [-0.4, -0.2) is 6.29 Å². The highest BCUT2D eigenvalue weighted by Crippen LogP contribution is 2.16. The molecule has 1 rings (SSSR count). The smallest absolute Gasteiger partial charge is 0.172 e. The van der Waals surface area contributed by atoms with Crippen molar-refractivity contribution in [3.63, 3.8) is 0 Å². The minimum Gasteiger partial charge on any atom is -0.298 e. The van der Waals surface area contributed by atoms with E-state index in [0.29, 0.717) is 0 Å². The first kappa shape index (κ1) is 8.70. The zero-order chi connectivity index (χ0) is 9.30. The number of aldehydes is 1. The van der Waals surface area contributed by atoms with Crippen molar-refractivity contribution in [1.29, 1.82) is 0 Å². The molecule has 0 bridgehead atoms. The molecule has 0 aliphatic heterocycles. The molecule has 1 aromatic carbocycles. The SMILES string of the molecule is O=Cc1c(F)c(F)cc(F)c1F. The molecule has 1 nitrogen and oxygen atoms in total. The van der Waals surface area contributed by atoms with Gasteiger partial charge in [-0.25, -0.2) is 17.6 Å². The van der Waals surface area contributed by atoms with Gasteiger partial charge in [0, 0.05) is 6.07 Å². The van der Waals surface area contributed by atoms with Gasteiger partial charge in [0.1, 0.15) is 0 Å². The second-order valence-corrected chi connectivity index (χ2v) is 2.00. The van der Waals surface area contributed by atoms with E-state index in [2.05, 4.69) is 0 Å². The van der Waals surface area contributed by atoms with E-state index in [1.807, 2.05) is 0 Å². The summed E-state index contributed by atoms with van der Waals surface area (Å²) in [6, 6.07) is 0.0394. The van der Waals surface area contributed by atoms with E-state index in [0.717, 1.165) is 0 Å². The summed E-state index contributed by atoms with van der Waals surface area (Å²) in [6.45, 7) is 0. The molecule has 0 amide bonds.